The number of nitrogens with zero attached hydrogens (tertiary/aromatic N) is 2. The van der Waals surface area contributed by atoms with Crippen LogP contribution in [0.3, 0.4) is 0 Å². The van der Waals surface area contributed by atoms with Gasteiger partial charge in [0.2, 0.25) is 0 Å². The Kier molecular flexibility index (Phi) is 9.26. The highest BCUT2D eigenvalue weighted by molar-refractivity contribution is 14.1. The molecule has 3 aromatic carbocycles. The fourth-order valence-corrected chi connectivity index (χ4v) is 4.88. The summed E-state index contributed by atoms with van der Waals surface area (Å²) < 4.78 is 7.66. The highest BCUT2D eigenvalue weighted by Gasteiger charge is 2.10. The van der Waals surface area contributed by atoms with E-state index in [0.29, 0.717) is 10.8 Å². The van der Waals surface area contributed by atoms with Crippen molar-refractivity contribution in [3.63, 3.8) is 0 Å². The fraction of sp³-hybridized carbons (Fsp3) is 0.0909. The van der Waals surface area contributed by atoms with E-state index in [1.54, 1.807) is 42.6 Å². The van der Waals surface area contributed by atoms with E-state index in [4.69, 9.17) is 16.3 Å². The molecule has 1 amide bonds. The Balaban J connectivity index is 1.53. The zero-order valence-corrected chi connectivity index (χ0v) is 22.0. The molecule has 170 valence electrons. The van der Waals surface area contributed by atoms with Gasteiger partial charge in [0.1, 0.15) is 12.4 Å². The largest absolute Gasteiger partial charge is 0.487 e. The number of nitro benzene ring substituents is 1. The number of carbonyl (C=O) groups is 1. The number of nitro groups is 1. The van der Waals surface area contributed by atoms with Gasteiger partial charge in [0.05, 0.1) is 24.8 Å². The first-order valence-corrected chi connectivity index (χ1v) is 12.0. The Hall–Kier alpha value is -2.45. The first kappa shape index (κ1) is 25.2. The maximum Gasteiger partial charge on any atom is 0.269 e. The molecule has 0 aliphatic carbocycles. The van der Waals surface area contributed by atoms with Crippen molar-refractivity contribution in [1.29, 1.82) is 0 Å². The van der Waals surface area contributed by atoms with Gasteiger partial charge in [-0.25, -0.2) is 5.43 Å². The number of rotatable bonds is 9. The van der Waals surface area contributed by atoms with Crippen molar-refractivity contribution in [1.82, 2.24) is 5.43 Å². The molecular formula is C22H17ClI2N4O4. The number of benzene rings is 3. The van der Waals surface area contributed by atoms with Gasteiger partial charge in [-0.15, -0.1) is 0 Å². The summed E-state index contributed by atoms with van der Waals surface area (Å²) in [6.07, 6.45) is 1.56. The number of carbonyl (C=O) groups excluding carboxylic acids is 1. The van der Waals surface area contributed by atoms with Crippen molar-refractivity contribution >= 4 is 80.3 Å². The predicted molar refractivity (Wildman–Crippen MR) is 145 cm³/mol. The minimum absolute atomic E-state index is 0.0411. The van der Waals surface area contributed by atoms with E-state index in [0.717, 1.165) is 24.0 Å². The maximum absolute atomic E-state index is 12.0. The summed E-state index contributed by atoms with van der Waals surface area (Å²) in [7, 11) is 0. The second-order valence-electron chi connectivity index (χ2n) is 6.68. The fourth-order valence-electron chi connectivity index (χ4n) is 2.63. The summed E-state index contributed by atoms with van der Waals surface area (Å²) in [5, 5.41) is 18.4. The van der Waals surface area contributed by atoms with Crippen LogP contribution < -0.4 is 15.5 Å². The van der Waals surface area contributed by atoms with Crippen LogP contribution in [0.2, 0.25) is 5.02 Å². The number of amides is 1. The Morgan fingerprint density at radius 1 is 1.09 bits per heavy atom. The van der Waals surface area contributed by atoms with Crippen LogP contribution in [0.5, 0.6) is 5.75 Å². The van der Waals surface area contributed by atoms with Crippen LogP contribution >= 0.6 is 56.8 Å². The summed E-state index contributed by atoms with van der Waals surface area (Å²) in [5.74, 6) is 0.427. The minimum Gasteiger partial charge on any atom is -0.487 e. The first-order valence-electron chi connectivity index (χ1n) is 9.48. The zero-order chi connectivity index (χ0) is 23.8. The molecule has 0 saturated carbocycles. The predicted octanol–water partition coefficient (Wildman–Crippen LogP) is 5.60. The van der Waals surface area contributed by atoms with E-state index in [-0.39, 0.29) is 24.7 Å². The molecule has 0 unspecified atom stereocenters. The second-order valence-corrected chi connectivity index (χ2v) is 9.44. The van der Waals surface area contributed by atoms with Crippen molar-refractivity contribution in [3.8, 4) is 5.75 Å². The number of hydrazone groups is 1. The summed E-state index contributed by atoms with van der Waals surface area (Å²) in [4.78, 5) is 22.3. The quantitative estimate of drug-likeness (QED) is 0.132. The van der Waals surface area contributed by atoms with Gasteiger partial charge in [-0.1, -0.05) is 11.6 Å². The molecule has 33 heavy (non-hydrogen) atoms. The van der Waals surface area contributed by atoms with E-state index in [1.807, 2.05) is 12.1 Å². The van der Waals surface area contributed by atoms with Crippen molar-refractivity contribution in [2.45, 2.75) is 6.61 Å². The van der Waals surface area contributed by atoms with Gasteiger partial charge < -0.3 is 10.1 Å². The van der Waals surface area contributed by atoms with E-state index in [9.17, 15) is 14.9 Å². The van der Waals surface area contributed by atoms with Crippen LogP contribution in [-0.4, -0.2) is 23.6 Å². The van der Waals surface area contributed by atoms with Gasteiger partial charge >= 0.3 is 0 Å². The molecule has 0 heterocycles. The number of ether oxygens (including phenoxy) is 1. The van der Waals surface area contributed by atoms with E-state index in [1.165, 1.54) is 12.1 Å². The van der Waals surface area contributed by atoms with Crippen LogP contribution in [0.4, 0.5) is 11.4 Å². The van der Waals surface area contributed by atoms with Gasteiger partial charge in [0.25, 0.3) is 11.6 Å². The third-order valence-electron chi connectivity index (χ3n) is 4.25. The molecule has 0 spiro atoms. The number of anilines is 1. The van der Waals surface area contributed by atoms with Gasteiger partial charge in [-0.2, -0.15) is 5.10 Å². The molecule has 0 aromatic heterocycles. The van der Waals surface area contributed by atoms with Crippen LogP contribution in [-0.2, 0) is 11.4 Å². The van der Waals surface area contributed by atoms with Crippen molar-refractivity contribution in [2.75, 3.05) is 11.9 Å². The van der Waals surface area contributed by atoms with Crippen molar-refractivity contribution in [2.24, 2.45) is 5.10 Å². The Labute approximate surface area is 222 Å². The highest BCUT2D eigenvalue weighted by Crippen LogP contribution is 2.29. The third-order valence-corrected chi connectivity index (χ3v) is 6.11. The Morgan fingerprint density at radius 3 is 2.33 bits per heavy atom. The molecule has 0 fully saturated rings. The first-order chi connectivity index (χ1) is 15.8. The molecule has 0 radical (unpaired) electrons. The lowest BCUT2D eigenvalue weighted by molar-refractivity contribution is -0.384. The lowest BCUT2D eigenvalue weighted by Crippen LogP contribution is -2.25. The van der Waals surface area contributed by atoms with Crippen LogP contribution in [0.1, 0.15) is 11.1 Å². The average Bonchev–Trinajstić information content (AvgIpc) is 2.78. The van der Waals surface area contributed by atoms with Crippen LogP contribution in [0.15, 0.2) is 65.8 Å². The monoisotopic (exact) mass is 690 g/mol. The molecule has 11 heteroatoms. The molecule has 0 aliphatic rings. The number of hydrogen-bond donors (Lipinski definition) is 2. The topological polar surface area (TPSA) is 106 Å². The summed E-state index contributed by atoms with van der Waals surface area (Å²) >= 11 is 10.2. The molecule has 0 bridgehead atoms. The van der Waals surface area contributed by atoms with E-state index >= 15 is 0 Å². The molecular weight excluding hydrogens is 674 g/mol. The van der Waals surface area contributed by atoms with Crippen LogP contribution in [0.25, 0.3) is 0 Å². The third kappa shape index (κ3) is 7.82. The minimum atomic E-state index is -0.435. The zero-order valence-electron chi connectivity index (χ0n) is 16.9. The lowest BCUT2D eigenvalue weighted by Gasteiger charge is -2.11. The summed E-state index contributed by atoms with van der Waals surface area (Å²) in [6.45, 7) is 0.359. The molecule has 3 aromatic rings. The standard InChI is InChI=1S/C22H17ClI2N4O4/c23-16-3-5-17(6-4-16)26-12-21(30)28-27-11-15-9-19(24)22(20(25)10-15)33-13-14-1-7-18(8-2-14)29(31)32/h1-11,26H,12-13H2,(H,28,30)/b27-11-. The van der Waals surface area contributed by atoms with E-state index < -0.39 is 4.92 Å². The van der Waals surface area contributed by atoms with Crippen molar-refractivity contribution < 1.29 is 14.5 Å². The van der Waals surface area contributed by atoms with Gasteiger partial charge in [0.15, 0.2) is 0 Å². The Morgan fingerprint density at radius 2 is 1.73 bits per heavy atom. The number of nitrogens with one attached hydrogen (secondary N) is 2. The summed E-state index contributed by atoms with van der Waals surface area (Å²) in [5.41, 5.74) is 4.94. The average molecular weight is 691 g/mol. The van der Waals surface area contributed by atoms with Gasteiger partial charge in [-0.3, -0.25) is 14.9 Å². The Bertz CT molecular complexity index is 1150. The number of non-ortho nitro benzene ring substituents is 1. The second kappa shape index (κ2) is 12.1. The SMILES string of the molecule is O=C(CNc1ccc(Cl)cc1)N/N=C\c1cc(I)c(OCc2ccc([N+](=O)[O-])cc2)c(I)c1. The molecule has 2 N–H and O–H groups in total. The van der Waals surface area contributed by atoms with Crippen molar-refractivity contribution in [3.05, 3.63) is 94.1 Å². The molecule has 8 nitrogen and oxygen atoms in total. The van der Waals surface area contributed by atoms with Gasteiger partial charge in [0, 0.05) is 22.8 Å². The smallest absolute Gasteiger partial charge is 0.269 e. The lowest BCUT2D eigenvalue weighted by atomic mass is 10.2. The van der Waals surface area contributed by atoms with E-state index in [2.05, 4.69) is 61.0 Å². The maximum atomic E-state index is 12.0. The summed E-state index contributed by atoms with van der Waals surface area (Å²) in [6, 6.07) is 17.1. The number of hydrogen-bond acceptors (Lipinski definition) is 6. The molecule has 0 atom stereocenters. The number of halogens is 3. The normalized spacial score (nSPS) is 10.8. The molecule has 0 aliphatic heterocycles. The molecule has 0 saturated heterocycles. The van der Waals surface area contributed by atoms with Crippen LogP contribution in [0, 0.1) is 17.3 Å². The molecule has 3 rings (SSSR count). The van der Waals surface area contributed by atoms with Gasteiger partial charge in [-0.05, 0) is 105 Å². The highest BCUT2D eigenvalue weighted by atomic mass is 127.